The third kappa shape index (κ3) is 1.73. The van der Waals surface area contributed by atoms with E-state index in [2.05, 4.69) is 4.98 Å². The molecule has 0 radical (unpaired) electrons. The quantitative estimate of drug-likeness (QED) is 0.811. The maximum Gasteiger partial charge on any atom is 0.196 e. The number of hydrogen-bond donors (Lipinski definition) is 1. The van der Waals surface area contributed by atoms with E-state index in [4.69, 9.17) is 0 Å². The first-order valence-electron chi connectivity index (χ1n) is 5.44. The molecule has 2 rings (SSSR count). The van der Waals surface area contributed by atoms with E-state index in [9.17, 15) is 13.6 Å². The molecule has 0 saturated carbocycles. The second-order valence-electron chi connectivity index (χ2n) is 4.43. The van der Waals surface area contributed by atoms with Crippen LogP contribution >= 0.6 is 0 Å². The Morgan fingerprint density at radius 1 is 1.18 bits per heavy atom. The van der Waals surface area contributed by atoms with Crippen molar-refractivity contribution in [2.24, 2.45) is 0 Å². The minimum absolute atomic E-state index is 0.0363. The maximum atomic E-state index is 13.6. The summed E-state index contributed by atoms with van der Waals surface area (Å²) in [4.78, 5) is 14.9. The predicted octanol–water partition coefficient (Wildman–Crippen LogP) is 3.24. The zero-order valence-corrected chi connectivity index (χ0v) is 9.90. The van der Waals surface area contributed by atoms with E-state index < -0.39 is 17.1 Å². The van der Waals surface area contributed by atoms with E-state index in [-0.39, 0.29) is 16.8 Å². The lowest BCUT2D eigenvalue weighted by molar-refractivity contribution is 0.613. The lowest BCUT2D eigenvalue weighted by Gasteiger charge is -2.11. The molecule has 1 aromatic heterocycles. The van der Waals surface area contributed by atoms with Crippen molar-refractivity contribution in [3.63, 3.8) is 0 Å². The predicted molar refractivity (Wildman–Crippen MR) is 63.3 cm³/mol. The molecule has 0 aliphatic carbocycles. The van der Waals surface area contributed by atoms with Crippen molar-refractivity contribution in [2.45, 2.75) is 26.7 Å². The first-order chi connectivity index (χ1) is 7.93. The summed E-state index contributed by atoms with van der Waals surface area (Å²) in [6, 6.07) is 1.99. The Hall–Kier alpha value is -1.71. The van der Waals surface area contributed by atoms with Crippen molar-refractivity contribution in [3.05, 3.63) is 45.2 Å². The molecule has 1 aromatic carbocycles. The lowest BCUT2D eigenvalue weighted by atomic mass is 9.99. The van der Waals surface area contributed by atoms with Crippen LogP contribution in [0, 0.1) is 18.6 Å². The smallest absolute Gasteiger partial charge is 0.196 e. The molecule has 2 aromatic rings. The molecule has 0 bridgehead atoms. The van der Waals surface area contributed by atoms with Gasteiger partial charge in [-0.3, -0.25) is 4.79 Å². The Bertz CT molecular complexity index is 644. The number of hydrogen-bond acceptors (Lipinski definition) is 1. The Balaban J connectivity index is 3.03. The highest BCUT2D eigenvalue weighted by atomic mass is 19.1. The van der Waals surface area contributed by atoms with Gasteiger partial charge in [-0.15, -0.1) is 0 Å². The van der Waals surface area contributed by atoms with Gasteiger partial charge in [-0.05, 0) is 25.0 Å². The van der Waals surface area contributed by atoms with Crippen molar-refractivity contribution >= 4 is 10.9 Å². The van der Waals surface area contributed by atoms with E-state index in [1.54, 1.807) is 6.92 Å². The summed E-state index contributed by atoms with van der Waals surface area (Å²) < 4.78 is 27.1. The maximum absolute atomic E-state index is 13.6. The fourth-order valence-electron chi connectivity index (χ4n) is 2.15. The standard InChI is InChI=1S/C13H13F2NO/c1-6(2)10-7(3)16-12-9(15)5-4-8(14)11(12)13(10)17/h4-6H,1-3H3,(H,16,17). The van der Waals surface area contributed by atoms with Crippen molar-refractivity contribution in [1.29, 1.82) is 0 Å². The molecule has 0 amide bonds. The largest absolute Gasteiger partial charge is 0.356 e. The molecular formula is C13H13F2NO. The van der Waals surface area contributed by atoms with Crippen molar-refractivity contribution in [3.8, 4) is 0 Å². The van der Waals surface area contributed by atoms with Gasteiger partial charge < -0.3 is 4.98 Å². The van der Waals surface area contributed by atoms with Crippen LogP contribution in [-0.2, 0) is 0 Å². The van der Waals surface area contributed by atoms with E-state index >= 15 is 0 Å². The highest BCUT2D eigenvalue weighted by Crippen LogP contribution is 2.21. The molecule has 4 heteroatoms. The normalized spacial score (nSPS) is 11.4. The number of pyridine rings is 1. The number of halogens is 2. The van der Waals surface area contributed by atoms with Crippen molar-refractivity contribution in [1.82, 2.24) is 4.98 Å². The van der Waals surface area contributed by atoms with Gasteiger partial charge in [-0.25, -0.2) is 8.78 Å². The Morgan fingerprint density at radius 3 is 2.35 bits per heavy atom. The lowest BCUT2D eigenvalue weighted by Crippen LogP contribution is -2.16. The average molecular weight is 237 g/mol. The molecule has 90 valence electrons. The number of fused-ring (bicyclic) bond motifs is 1. The SMILES string of the molecule is Cc1[nH]c2c(F)ccc(F)c2c(=O)c1C(C)C. The van der Waals surface area contributed by atoms with Gasteiger partial charge in [-0.2, -0.15) is 0 Å². The molecule has 17 heavy (non-hydrogen) atoms. The van der Waals surface area contributed by atoms with Gasteiger partial charge in [0.15, 0.2) is 5.43 Å². The van der Waals surface area contributed by atoms with Crippen LogP contribution in [0.3, 0.4) is 0 Å². The number of benzene rings is 1. The molecule has 0 aliphatic heterocycles. The van der Waals surface area contributed by atoms with Gasteiger partial charge in [0.1, 0.15) is 11.6 Å². The van der Waals surface area contributed by atoms with Crippen LogP contribution in [0.25, 0.3) is 10.9 Å². The average Bonchev–Trinajstić information content (AvgIpc) is 2.22. The van der Waals surface area contributed by atoms with Gasteiger partial charge in [0.05, 0.1) is 10.9 Å². The summed E-state index contributed by atoms with van der Waals surface area (Å²) >= 11 is 0. The minimum Gasteiger partial charge on any atom is -0.356 e. The van der Waals surface area contributed by atoms with Crippen LogP contribution in [0.5, 0.6) is 0 Å². The van der Waals surface area contributed by atoms with Gasteiger partial charge in [0.2, 0.25) is 0 Å². The fourth-order valence-corrected chi connectivity index (χ4v) is 2.15. The third-order valence-electron chi connectivity index (χ3n) is 2.87. The fraction of sp³-hybridized carbons (Fsp3) is 0.308. The zero-order chi connectivity index (χ0) is 12.7. The summed E-state index contributed by atoms with van der Waals surface area (Å²) in [5.41, 5.74) is 0.601. The summed E-state index contributed by atoms with van der Waals surface area (Å²) in [6.45, 7) is 5.39. The number of rotatable bonds is 1. The first-order valence-corrected chi connectivity index (χ1v) is 5.44. The van der Waals surface area contributed by atoms with E-state index in [1.807, 2.05) is 13.8 Å². The summed E-state index contributed by atoms with van der Waals surface area (Å²) in [5, 5.41) is -0.195. The summed E-state index contributed by atoms with van der Waals surface area (Å²) in [5.74, 6) is -1.34. The third-order valence-corrected chi connectivity index (χ3v) is 2.87. The number of aromatic nitrogens is 1. The van der Waals surface area contributed by atoms with Crippen LogP contribution in [-0.4, -0.2) is 4.98 Å². The van der Waals surface area contributed by atoms with Crippen molar-refractivity contribution < 1.29 is 8.78 Å². The second-order valence-corrected chi connectivity index (χ2v) is 4.43. The molecule has 0 fully saturated rings. The van der Waals surface area contributed by atoms with E-state index in [0.29, 0.717) is 11.3 Å². The first kappa shape index (κ1) is 11.8. The zero-order valence-electron chi connectivity index (χ0n) is 9.90. The molecule has 2 nitrogen and oxygen atoms in total. The molecule has 0 atom stereocenters. The Labute approximate surface area is 97.3 Å². The highest BCUT2D eigenvalue weighted by Gasteiger charge is 2.17. The van der Waals surface area contributed by atoms with Gasteiger partial charge in [0.25, 0.3) is 0 Å². The van der Waals surface area contributed by atoms with E-state index in [0.717, 1.165) is 12.1 Å². The van der Waals surface area contributed by atoms with Gasteiger partial charge in [-0.1, -0.05) is 13.8 Å². The molecule has 0 spiro atoms. The van der Waals surface area contributed by atoms with Crippen molar-refractivity contribution in [2.75, 3.05) is 0 Å². The van der Waals surface area contributed by atoms with Crippen LogP contribution in [0.4, 0.5) is 8.78 Å². The Morgan fingerprint density at radius 2 is 1.76 bits per heavy atom. The van der Waals surface area contributed by atoms with Crippen LogP contribution < -0.4 is 5.43 Å². The van der Waals surface area contributed by atoms with Crippen LogP contribution in [0.2, 0.25) is 0 Å². The topological polar surface area (TPSA) is 32.9 Å². The molecule has 1 N–H and O–H groups in total. The summed E-state index contributed by atoms with van der Waals surface area (Å²) in [6.07, 6.45) is 0. The minimum atomic E-state index is -0.690. The van der Waals surface area contributed by atoms with Crippen LogP contribution in [0.1, 0.15) is 31.0 Å². The monoisotopic (exact) mass is 237 g/mol. The van der Waals surface area contributed by atoms with Gasteiger partial charge in [0, 0.05) is 11.3 Å². The van der Waals surface area contributed by atoms with E-state index in [1.165, 1.54) is 0 Å². The molecule has 0 unspecified atom stereocenters. The summed E-state index contributed by atoms with van der Waals surface area (Å²) in [7, 11) is 0. The number of H-pyrrole nitrogens is 1. The number of nitrogens with one attached hydrogen (secondary N) is 1. The number of aryl methyl sites for hydroxylation is 1. The van der Waals surface area contributed by atoms with Crippen LogP contribution in [0.15, 0.2) is 16.9 Å². The molecular weight excluding hydrogens is 224 g/mol. The molecule has 0 saturated heterocycles. The second kappa shape index (κ2) is 3.95. The Kier molecular flexibility index (Phi) is 2.73. The van der Waals surface area contributed by atoms with Gasteiger partial charge >= 0.3 is 0 Å². The number of aromatic amines is 1. The highest BCUT2D eigenvalue weighted by molar-refractivity contribution is 5.80. The molecule has 0 aliphatic rings. The molecule has 1 heterocycles.